The van der Waals surface area contributed by atoms with Crippen LogP contribution in [-0.4, -0.2) is 18.3 Å². The molecule has 0 bridgehead atoms. The monoisotopic (exact) mass is 284 g/mol. The van der Waals surface area contributed by atoms with Gasteiger partial charge in [-0.3, -0.25) is 0 Å². The van der Waals surface area contributed by atoms with E-state index in [0.29, 0.717) is 12.5 Å². The fourth-order valence-corrected chi connectivity index (χ4v) is 2.28. The molecule has 0 saturated heterocycles. The lowest BCUT2D eigenvalue weighted by Gasteiger charge is -2.13. The van der Waals surface area contributed by atoms with Crippen molar-refractivity contribution in [2.24, 2.45) is 0 Å². The summed E-state index contributed by atoms with van der Waals surface area (Å²) in [6, 6.07) is 15.5. The lowest BCUT2D eigenvalue weighted by atomic mass is 10.0. The molecule has 2 aromatic rings. The molecule has 1 aliphatic carbocycles. The van der Waals surface area contributed by atoms with Gasteiger partial charge in [0.25, 0.3) is 0 Å². The summed E-state index contributed by atoms with van der Waals surface area (Å²) in [6.07, 6.45) is 2.70. The second-order valence-corrected chi connectivity index (χ2v) is 5.46. The molecule has 0 spiro atoms. The number of hydrogen-bond acceptors (Lipinski definition) is 3. The van der Waals surface area contributed by atoms with E-state index in [1.54, 1.807) is 7.11 Å². The number of aliphatic hydroxyl groups excluding tert-OH is 1. The van der Waals surface area contributed by atoms with Gasteiger partial charge in [-0.2, -0.15) is 0 Å². The first-order chi connectivity index (χ1) is 10.2. The minimum atomic E-state index is -0.527. The van der Waals surface area contributed by atoms with Crippen LogP contribution in [0, 0.1) is 0 Å². The summed E-state index contributed by atoms with van der Waals surface area (Å²) in [7, 11) is 1.65. The third-order valence-electron chi connectivity index (χ3n) is 3.66. The molecule has 1 saturated carbocycles. The maximum atomic E-state index is 10.4. The van der Waals surface area contributed by atoms with Crippen molar-refractivity contribution in [1.82, 2.24) is 0 Å². The van der Waals surface area contributed by atoms with Gasteiger partial charge >= 0.3 is 0 Å². The number of hydrogen-bond donors (Lipinski definition) is 1. The highest BCUT2D eigenvalue weighted by molar-refractivity contribution is 5.32. The minimum absolute atomic E-state index is 0.374. The van der Waals surface area contributed by atoms with Crippen LogP contribution in [-0.2, 0) is 6.42 Å². The lowest BCUT2D eigenvalue weighted by Crippen LogP contribution is -2.03. The summed E-state index contributed by atoms with van der Waals surface area (Å²) in [5, 5.41) is 10.4. The Kier molecular flexibility index (Phi) is 4.11. The standard InChI is InChI=1S/C18H20O3/c1-20-15-7-5-13(6-8-15)11-18(19)14-3-2-4-17(12-14)21-16-9-10-16/h2-8,12,16,18-19H,9-11H2,1H3. The summed E-state index contributed by atoms with van der Waals surface area (Å²) in [5.41, 5.74) is 1.97. The van der Waals surface area contributed by atoms with Crippen molar-refractivity contribution in [2.75, 3.05) is 7.11 Å². The summed E-state index contributed by atoms with van der Waals surface area (Å²) < 4.78 is 10.9. The van der Waals surface area contributed by atoms with Gasteiger partial charge in [-0.05, 0) is 48.2 Å². The SMILES string of the molecule is COc1ccc(CC(O)c2cccc(OC3CC3)c2)cc1. The molecule has 1 unspecified atom stereocenters. The van der Waals surface area contributed by atoms with Gasteiger partial charge in [0.2, 0.25) is 0 Å². The first kappa shape index (κ1) is 14.0. The van der Waals surface area contributed by atoms with Crippen molar-refractivity contribution in [3.8, 4) is 11.5 Å². The second-order valence-electron chi connectivity index (χ2n) is 5.46. The molecule has 2 aromatic carbocycles. The maximum absolute atomic E-state index is 10.4. The van der Waals surface area contributed by atoms with Crippen molar-refractivity contribution in [1.29, 1.82) is 0 Å². The van der Waals surface area contributed by atoms with Crippen LogP contribution in [0.1, 0.15) is 30.1 Å². The summed E-state index contributed by atoms with van der Waals surface area (Å²) in [4.78, 5) is 0. The smallest absolute Gasteiger partial charge is 0.120 e. The molecule has 1 fully saturated rings. The Balaban J connectivity index is 1.67. The Labute approximate surface area is 125 Å². The molecule has 1 aliphatic rings. The zero-order valence-corrected chi connectivity index (χ0v) is 12.2. The Bertz CT molecular complexity index is 588. The number of benzene rings is 2. The highest BCUT2D eigenvalue weighted by atomic mass is 16.5. The van der Waals surface area contributed by atoms with E-state index in [1.807, 2.05) is 48.5 Å². The average Bonchev–Trinajstić information content (AvgIpc) is 3.32. The molecule has 3 rings (SSSR count). The topological polar surface area (TPSA) is 38.7 Å². The predicted octanol–water partition coefficient (Wildman–Crippen LogP) is 3.51. The number of methoxy groups -OCH3 is 1. The molecule has 3 heteroatoms. The third-order valence-corrected chi connectivity index (χ3v) is 3.66. The largest absolute Gasteiger partial charge is 0.497 e. The molecule has 110 valence electrons. The van der Waals surface area contributed by atoms with Crippen LogP contribution in [0.3, 0.4) is 0 Å². The molecule has 21 heavy (non-hydrogen) atoms. The molecule has 0 aliphatic heterocycles. The van der Waals surface area contributed by atoms with Crippen molar-refractivity contribution >= 4 is 0 Å². The quantitative estimate of drug-likeness (QED) is 0.882. The minimum Gasteiger partial charge on any atom is -0.497 e. The predicted molar refractivity (Wildman–Crippen MR) is 81.7 cm³/mol. The van der Waals surface area contributed by atoms with Gasteiger partial charge in [-0.1, -0.05) is 24.3 Å². The van der Waals surface area contributed by atoms with E-state index in [0.717, 1.165) is 35.5 Å². The lowest BCUT2D eigenvalue weighted by molar-refractivity contribution is 0.177. The molecule has 1 atom stereocenters. The van der Waals surface area contributed by atoms with Crippen LogP contribution in [0.4, 0.5) is 0 Å². The van der Waals surface area contributed by atoms with E-state index in [4.69, 9.17) is 9.47 Å². The Morgan fingerprint density at radius 3 is 2.52 bits per heavy atom. The molecule has 0 radical (unpaired) electrons. The number of aliphatic hydroxyl groups is 1. The Hall–Kier alpha value is -2.00. The van der Waals surface area contributed by atoms with E-state index in [2.05, 4.69) is 0 Å². The van der Waals surface area contributed by atoms with Crippen molar-refractivity contribution in [3.05, 3.63) is 59.7 Å². The van der Waals surface area contributed by atoms with Crippen molar-refractivity contribution in [2.45, 2.75) is 31.5 Å². The normalized spacial score (nSPS) is 15.5. The van der Waals surface area contributed by atoms with E-state index >= 15 is 0 Å². The van der Waals surface area contributed by atoms with Gasteiger partial charge in [0.1, 0.15) is 11.5 Å². The van der Waals surface area contributed by atoms with Gasteiger partial charge in [0.15, 0.2) is 0 Å². The third kappa shape index (κ3) is 3.76. The van der Waals surface area contributed by atoms with Gasteiger partial charge in [0.05, 0.1) is 19.3 Å². The molecule has 3 nitrogen and oxygen atoms in total. The average molecular weight is 284 g/mol. The molecule has 0 amide bonds. The zero-order chi connectivity index (χ0) is 14.7. The second kappa shape index (κ2) is 6.19. The number of ether oxygens (including phenoxy) is 2. The highest BCUT2D eigenvalue weighted by Crippen LogP contribution is 2.29. The summed E-state index contributed by atoms with van der Waals surface area (Å²) in [6.45, 7) is 0. The van der Waals surface area contributed by atoms with Crippen LogP contribution in [0.2, 0.25) is 0 Å². The van der Waals surface area contributed by atoms with Crippen molar-refractivity contribution in [3.63, 3.8) is 0 Å². The fraction of sp³-hybridized carbons (Fsp3) is 0.333. The highest BCUT2D eigenvalue weighted by Gasteiger charge is 2.23. The number of rotatable bonds is 6. The van der Waals surface area contributed by atoms with Gasteiger partial charge in [-0.15, -0.1) is 0 Å². The van der Waals surface area contributed by atoms with Crippen LogP contribution in [0.5, 0.6) is 11.5 Å². The van der Waals surface area contributed by atoms with Gasteiger partial charge in [0, 0.05) is 6.42 Å². The first-order valence-corrected chi connectivity index (χ1v) is 7.32. The molecule has 0 aromatic heterocycles. The zero-order valence-electron chi connectivity index (χ0n) is 12.2. The van der Waals surface area contributed by atoms with E-state index in [1.165, 1.54) is 0 Å². The van der Waals surface area contributed by atoms with Gasteiger partial charge < -0.3 is 14.6 Å². The molecule has 1 N–H and O–H groups in total. The Morgan fingerprint density at radius 1 is 1.10 bits per heavy atom. The van der Waals surface area contributed by atoms with E-state index < -0.39 is 6.10 Å². The molecular formula is C18H20O3. The molecule has 0 heterocycles. The van der Waals surface area contributed by atoms with Crippen LogP contribution < -0.4 is 9.47 Å². The van der Waals surface area contributed by atoms with Gasteiger partial charge in [-0.25, -0.2) is 0 Å². The fourth-order valence-electron chi connectivity index (χ4n) is 2.28. The summed E-state index contributed by atoms with van der Waals surface area (Å²) in [5.74, 6) is 1.68. The van der Waals surface area contributed by atoms with Crippen molar-refractivity contribution < 1.29 is 14.6 Å². The maximum Gasteiger partial charge on any atom is 0.120 e. The van der Waals surface area contributed by atoms with Crippen LogP contribution in [0.25, 0.3) is 0 Å². The summed E-state index contributed by atoms with van der Waals surface area (Å²) >= 11 is 0. The first-order valence-electron chi connectivity index (χ1n) is 7.32. The van der Waals surface area contributed by atoms with Crippen LogP contribution >= 0.6 is 0 Å². The van der Waals surface area contributed by atoms with E-state index in [-0.39, 0.29) is 0 Å². The Morgan fingerprint density at radius 2 is 1.86 bits per heavy atom. The molecular weight excluding hydrogens is 264 g/mol. The van der Waals surface area contributed by atoms with Crippen LogP contribution in [0.15, 0.2) is 48.5 Å². The van der Waals surface area contributed by atoms with E-state index in [9.17, 15) is 5.11 Å².